The van der Waals surface area contributed by atoms with Crippen LogP contribution in [0, 0.1) is 0 Å². The van der Waals surface area contributed by atoms with Crippen molar-refractivity contribution < 1.29 is 14.3 Å². The number of fused-ring (bicyclic) bond motifs is 1. The predicted octanol–water partition coefficient (Wildman–Crippen LogP) is 5.44. The number of ketones is 1. The van der Waals surface area contributed by atoms with Gasteiger partial charge < -0.3 is 9.47 Å². The summed E-state index contributed by atoms with van der Waals surface area (Å²) in [4.78, 5) is 12.6. The van der Waals surface area contributed by atoms with Crippen LogP contribution < -0.4 is 9.47 Å². The first-order valence-electron chi connectivity index (χ1n) is 9.07. The number of allylic oxidation sites excluding steroid dienone is 1. The van der Waals surface area contributed by atoms with Crippen LogP contribution in [0.15, 0.2) is 78.6 Å². The number of ether oxygens (including phenoxy) is 2. The van der Waals surface area contributed by atoms with Crippen LogP contribution in [0.1, 0.15) is 34.0 Å². The van der Waals surface area contributed by atoms with Gasteiger partial charge in [0.1, 0.15) is 18.1 Å². The van der Waals surface area contributed by atoms with Gasteiger partial charge in [-0.05, 0) is 41.3 Å². The van der Waals surface area contributed by atoms with Crippen molar-refractivity contribution in [2.45, 2.75) is 20.0 Å². The molecule has 3 nitrogen and oxygen atoms in total. The Hall–Kier alpha value is -3.33. The maximum Gasteiger partial charge on any atom is 0.231 e. The summed E-state index contributed by atoms with van der Waals surface area (Å²) in [6, 6.07) is 23.4. The van der Waals surface area contributed by atoms with Gasteiger partial charge in [-0.3, -0.25) is 4.79 Å². The molecule has 0 atom stereocenters. The SMILES string of the molecule is CCc1ccc(/C=C2\Oc3cc(OCc4ccccc4)ccc3C2=O)cc1. The number of Topliss-reactive ketones (excluding diaryl/α,β-unsaturated/α-hetero) is 1. The molecule has 4 rings (SSSR count). The van der Waals surface area contributed by atoms with E-state index in [1.807, 2.05) is 48.5 Å². The fourth-order valence-corrected chi connectivity index (χ4v) is 3.00. The highest BCUT2D eigenvalue weighted by Gasteiger charge is 2.27. The lowest BCUT2D eigenvalue weighted by molar-refractivity contribution is 0.101. The van der Waals surface area contributed by atoms with Crippen molar-refractivity contribution >= 4 is 11.9 Å². The smallest absolute Gasteiger partial charge is 0.231 e. The lowest BCUT2D eigenvalue weighted by Gasteiger charge is -2.07. The molecule has 0 aromatic heterocycles. The first-order valence-corrected chi connectivity index (χ1v) is 9.07. The molecule has 134 valence electrons. The van der Waals surface area contributed by atoms with Crippen LogP contribution in [0.5, 0.6) is 11.5 Å². The Bertz CT molecular complexity index is 986. The predicted molar refractivity (Wildman–Crippen MR) is 106 cm³/mol. The van der Waals surface area contributed by atoms with Gasteiger partial charge in [0, 0.05) is 6.07 Å². The number of hydrogen-bond donors (Lipinski definition) is 0. The monoisotopic (exact) mass is 356 g/mol. The fraction of sp³-hybridized carbons (Fsp3) is 0.125. The van der Waals surface area contributed by atoms with Gasteiger partial charge in [0.25, 0.3) is 0 Å². The lowest BCUT2D eigenvalue weighted by atomic mass is 10.1. The minimum Gasteiger partial charge on any atom is -0.489 e. The van der Waals surface area contributed by atoms with Gasteiger partial charge >= 0.3 is 0 Å². The van der Waals surface area contributed by atoms with Crippen molar-refractivity contribution in [2.75, 3.05) is 0 Å². The van der Waals surface area contributed by atoms with Gasteiger partial charge in [0.2, 0.25) is 5.78 Å². The second kappa shape index (κ2) is 7.50. The Labute approximate surface area is 158 Å². The van der Waals surface area contributed by atoms with Crippen LogP contribution in [0.4, 0.5) is 0 Å². The van der Waals surface area contributed by atoms with E-state index in [0.717, 1.165) is 17.5 Å². The van der Waals surface area contributed by atoms with Crippen LogP contribution in [0.3, 0.4) is 0 Å². The minimum atomic E-state index is -0.0980. The molecule has 0 spiro atoms. The molecule has 0 fully saturated rings. The zero-order valence-corrected chi connectivity index (χ0v) is 15.1. The zero-order valence-electron chi connectivity index (χ0n) is 15.1. The maximum atomic E-state index is 12.6. The third-order valence-electron chi connectivity index (χ3n) is 4.58. The van der Waals surface area contributed by atoms with Crippen molar-refractivity contribution in [1.29, 1.82) is 0 Å². The highest BCUT2D eigenvalue weighted by atomic mass is 16.5. The third kappa shape index (κ3) is 3.77. The van der Waals surface area contributed by atoms with Crippen molar-refractivity contribution in [1.82, 2.24) is 0 Å². The van der Waals surface area contributed by atoms with E-state index in [1.54, 1.807) is 18.2 Å². The molecular weight excluding hydrogens is 336 g/mol. The van der Waals surface area contributed by atoms with Gasteiger partial charge in [-0.1, -0.05) is 61.5 Å². The summed E-state index contributed by atoms with van der Waals surface area (Å²) in [5.74, 6) is 1.47. The van der Waals surface area contributed by atoms with Gasteiger partial charge in [0.15, 0.2) is 5.76 Å². The Kier molecular flexibility index (Phi) is 4.75. The molecule has 3 aromatic rings. The summed E-state index contributed by atoms with van der Waals surface area (Å²) in [7, 11) is 0. The molecule has 0 radical (unpaired) electrons. The number of hydrogen-bond acceptors (Lipinski definition) is 3. The van der Waals surface area contributed by atoms with E-state index in [9.17, 15) is 4.79 Å². The van der Waals surface area contributed by atoms with Gasteiger partial charge in [0.05, 0.1) is 5.56 Å². The molecule has 0 N–H and O–H groups in total. The lowest BCUT2D eigenvalue weighted by Crippen LogP contribution is -1.98. The maximum absolute atomic E-state index is 12.6. The van der Waals surface area contributed by atoms with Crippen LogP contribution in [-0.2, 0) is 13.0 Å². The molecule has 0 amide bonds. The van der Waals surface area contributed by atoms with E-state index >= 15 is 0 Å². The molecule has 27 heavy (non-hydrogen) atoms. The molecule has 3 aromatic carbocycles. The largest absolute Gasteiger partial charge is 0.489 e. The summed E-state index contributed by atoms with van der Waals surface area (Å²) < 4.78 is 11.6. The highest BCUT2D eigenvalue weighted by molar-refractivity contribution is 6.14. The fourth-order valence-electron chi connectivity index (χ4n) is 3.00. The second-order valence-electron chi connectivity index (χ2n) is 6.47. The Morgan fingerprint density at radius 3 is 2.44 bits per heavy atom. The molecule has 0 saturated carbocycles. The Morgan fingerprint density at radius 1 is 0.926 bits per heavy atom. The second-order valence-corrected chi connectivity index (χ2v) is 6.47. The van der Waals surface area contributed by atoms with Gasteiger partial charge in [-0.2, -0.15) is 0 Å². The number of benzene rings is 3. The van der Waals surface area contributed by atoms with Crippen LogP contribution >= 0.6 is 0 Å². The van der Waals surface area contributed by atoms with Crippen LogP contribution in [0.2, 0.25) is 0 Å². The normalized spacial score (nSPS) is 14.1. The van der Waals surface area contributed by atoms with Crippen LogP contribution in [0.25, 0.3) is 6.08 Å². The summed E-state index contributed by atoms with van der Waals surface area (Å²) in [6.45, 7) is 2.59. The molecule has 0 unspecified atom stereocenters. The zero-order chi connectivity index (χ0) is 18.6. The molecule has 1 aliphatic rings. The van der Waals surface area contributed by atoms with E-state index in [4.69, 9.17) is 9.47 Å². The Balaban J connectivity index is 1.50. The standard InChI is InChI=1S/C24H20O3/c1-2-17-8-10-18(11-9-17)14-23-24(25)21-13-12-20(15-22(21)27-23)26-16-19-6-4-3-5-7-19/h3-15H,2,16H2,1H3/b23-14-. The quantitative estimate of drug-likeness (QED) is 0.571. The minimum absolute atomic E-state index is 0.0980. The molecular formula is C24H20O3. The van der Waals surface area contributed by atoms with E-state index in [2.05, 4.69) is 19.1 Å². The average molecular weight is 356 g/mol. The van der Waals surface area contributed by atoms with Crippen molar-refractivity contribution in [3.05, 3.63) is 101 Å². The molecule has 3 heteroatoms. The van der Waals surface area contributed by atoms with E-state index in [-0.39, 0.29) is 5.78 Å². The van der Waals surface area contributed by atoms with E-state index < -0.39 is 0 Å². The molecule has 1 aliphatic heterocycles. The van der Waals surface area contributed by atoms with Crippen molar-refractivity contribution in [3.63, 3.8) is 0 Å². The topological polar surface area (TPSA) is 35.5 Å². The Morgan fingerprint density at radius 2 is 1.70 bits per heavy atom. The van der Waals surface area contributed by atoms with Crippen LogP contribution in [-0.4, -0.2) is 5.78 Å². The summed E-state index contributed by atoms with van der Waals surface area (Å²) >= 11 is 0. The number of aryl methyl sites for hydroxylation is 1. The molecule has 0 bridgehead atoms. The molecule has 0 saturated heterocycles. The number of rotatable bonds is 5. The summed E-state index contributed by atoms with van der Waals surface area (Å²) in [5.41, 5.74) is 3.87. The average Bonchev–Trinajstić information content (AvgIpc) is 3.02. The first-order chi connectivity index (χ1) is 13.2. The van der Waals surface area contributed by atoms with Crippen molar-refractivity contribution in [3.8, 4) is 11.5 Å². The number of carbonyl (C=O) groups excluding carboxylic acids is 1. The molecule has 1 heterocycles. The van der Waals surface area contributed by atoms with Gasteiger partial charge in [-0.15, -0.1) is 0 Å². The third-order valence-corrected chi connectivity index (χ3v) is 4.58. The first kappa shape index (κ1) is 17.1. The highest BCUT2D eigenvalue weighted by Crippen LogP contribution is 2.35. The van der Waals surface area contributed by atoms with E-state index in [1.165, 1.54) is 5.56 Å². The van der Waals surface area contributed by atoms with Crippen molar-refractivity contribution in [2.24, 2.45) is 0 Å². The van der Waals surface area contributed by atoms with E-state index in [0.29, 0.717) is 29.4 Å². The molecule has 0 aliphatic carbocycles. The summed E-state index contributed by atoms with van der Waals surface area (Å²) in [6.07, 6.45) is 2.77. The van der Waals surface area contributed by atoms with Gasteiger partial charge in [-0.25, -0.2) is 0 Å². The number of carbonyl (C=O) groups is 1. The summed E-state index contributed by atoms with van der Waals surface area (Å²) in [5, 5.41) is 0.